The number of nitrogens with zero attached hydrogens (tertiary/aromatic N) is 1. The number of benzene rings is 2. The van der Waals surface area contributed by atoms with E-state index < -0.39 is 12.1 Å². The van der Waals surface area contributed by atoms with E-state index in [0.717, 1.165) is 24.0 Å². The minimum absolute atomic E-state index is 0.172. The summed E-state index contributed by atoms with van der Waals surface area (Å²) in [7, 11) is 0. The first-order valence-corrected chi connectivity index (χ1v) is 10.4. The van der Waals surface area contributed by atoms with Crippen LogP contribution in [0.1, 0.15) is 30.4 Å². The molecule has 0 radical (unpaired) electrons. The third-order valence-corrected chi connectivity index (χ3v) is 5.51. The van der Waals surface area contributed by atoms with Gasteiger partial charge in [-0.25, -0.2) is 0 Å². The summed E-state index contributed by atoms with van der Waals surface area (Å²) in [5.74, 6) is 0.803. The molecule has 2 aliphatic heterocycles. The van der Waals surface area contributed by atoms with Crippen LogP contribution in [0.3, 0.4) is 0 Å². The minimum Gasteiger partial charge on any atom is -0.454 e. The van der Waals surface area contributed by atoms with E-state index in [-0.39, 0.29) is 24.6 Å². The molecule has 31 heavy (non-hydrogen) atoms. The molecule has 160 valence electrons. The van der Waals surface area contributed by atoms with E-state index in [0.29, 0.717) is 30.1 Å². The summed E-state index contributed by atoms with van der Waals surface area (Å²) in [5.41, 5.74) is 2.44. The summed E-state index contributed by atoms with van der Waals surface area (Å²) < 4.78 is 10.7. The first kappa shape index (κ1) is 19.4. The SMILES string of the molecule is O=C(NC1CC1)[C@H](Cc1ccccc1)NC(=O)[C@@H]1CC(c2ccc3c(c2)OCO3)=NO1. The first-order valence-electron chi connectivity index (χ1n) is 10.4. The van der Waals surface area contributed by atoms with E-state index in [1.807, 2.05) is 48.5 Å². The molecule has 8 heteroatoms. The van der Waals surface area contributed by atoms with Gasteiger partial charge < -0.3 is 24.9 Å². The molecule has 0 unspecified atom stereocenters. The maximum Gasteiger partial charge on any atom is 0.265 e. The number of nitrogens with one attached hydrogen (secondary N) is 2. The zero-order chi connectivity index (χ0) is 21.2. The minimum atomic E-state index is -0.785. The van der Waals surface area contributed by atoms with Crippen LogP contribution in [0.4, 0.5) is 0 Å². The lowest BCUT2D eigenvalue weighted by molar-refractivity contribution is -0.135. The number of oxime groups is 1. The molecule has 0 aromatic heterocycles. The number of ether oxygens (including phenoxy) is 2. The van der Waals surface area contributed by atoms with Crippen LogP contribution in [-0.4, -0.2) is 42.5 Å². The molecule has 8 nitrogen and oxygen atoms in total. The third-order valence-electron chi connectivity index (χ3n) is 5.51. The van der Waals surface area contributed by atoms with Crippen molar-refractivity contribution < 1.29 is 23.9 Å². The molecule has 5 rings (SSSR count). The molecular weight excluding hydrogens is 398 g/mol. The molecule has 0 spiro atoms. The van der Waals surface area contributed by atoms with Gasteiger partial charge in [0, 0.05) is 24.4 Å². The zero-order valence-electron chi connectivity index (χ0n) is 16.9. The predicted molar refractivity (Wildman–Crippen MR) is 112 cm³/mol. The van der Waals surface area contributed by atoms with Gasteiger partial charge in [-0.05, 0) is 36.6 Å². The summed E-state index contributed by atoms with van der Waals surface area (Å²) in [6, 6.07) is 14.7. The Bertz CT molecular complexity index is 1020. The van der Waals surface area contributed by atoms with Gasteiger partial charge >= 0.3 is 0 Å². The predicted octanol–water partition coefficient (Wildman–Crippen LogP) is 1.91. The zero-order valence-corrected chi connectivity index (χ0v) is 16.9. The highest BCUT2D eigenvalue weighted by Gasteiger charge is 2.34. The molecule has 2 aromatic rings. The third kappa shape index (κ3) is 4.47. The van der Waals surface area contributed by atoms with Crippen molar-refractivity contribution in [3.8, 4) is 11.5 Å². The Morgan fingerprint density at radius 1 is 1.06 bits per heavy atom. The summed E-state index contributed by atoms with van der Waals surface area (Å²) in [6.07, 6.45) is 1.90. The standard InChI is InChI=1S/C23H23N3O5/c27-22(24-16-7-8-16)18(10-14-4-2-1-3-5-14)25-23(28)21-12-17(26-31-21)15-6-9-19-20(11-15)30-13-29-19/h1-6,9,11,16,18,21H,7-8,10,12-13H2,(H,24,27)(H,25,28)/t18-,21-/m0/s1. The molecule has 2 amide bonds. The molecule has 0 saturated heterocycles. The number of carbonyl (C=O) groups excluding carboxylic acids is 2. The van der Waals surface area contributed by atoms with Gasteiger partial charge in [0.2, 0.25) is 18.8 Å². The molecule has 1 aliphatic carbocycles. The van der Waals surface area contributed by atoms with Gasteiger partial charge in [-0.15, -0.1) is 0 Å². The van der Waals surface area contributed by atoms with Crippen molar-refractivity contribution in [1.82, 2.24) is 10.6 Å². The summed E-state index contributed by atoms with van der Waals surface area (Å²) in [4.78, 5) is 31.0. The highest BCUT2D eigenvalue weighted by molar-refractivity contribution is 6.04. The van der Waals surface area contributed by atoms with Crippen LogP contribution in [0, 0.1) is 0 Å². The van der Waals surface area contributed by atoms with Crippen molar-refractivity contribution in [1.29, 1.82) is 0 Å². The van der Waals surface area contributed by atoms with Crippen molar-refractivity contribution in [2.24, 2.45) is 5.16 Å². The van der Waals surface area contributed by atoms with Crippen molar-refractivity contribution in [3.05, 3.63) is 59.7 Å². The Labute approximate surface area is 179 Å². The van der Waals surface area contributed by atoms with Crippen LogP contribution < -0.4 is 20.1 Å². The van der Waals surface area contributed by atoms with Crippen LogP contribution >= 0.6 is 0 Å². The van der Waals surface area contributed by atoms with Crippen molar-refractivity contribution >= 4 is 17.5 Å². The van der Waals surface area contributed by atoms with Gasteiger partial charge in [0.15, 0.2) is 11.5 Å². The lowest BCUT2D eigenvalue weighted by atomic mass is 10.0. The molecule has 0 bridgehead atoms. The average molecular weight is 421 g/mol. The van der Waals surface area contributed by atoms with E-state index in [1.54, 1.807) is 0 Å². The topological polar surface area (TPSA) is 98.3 Å². The lowest BCUT2D eigenvalue weighted by Gasteiger charge is -2.20. The molecular formula is C23H23N3O5. The van der Waals surface area contributed by atoms with Gasteiger partial charge in [0.1, 0.15) is 6.04 Å². The van der Waals surface area contributed by atoms with E-state index >= 15 is 0 Å². The van der Waals surface area contributed by atoms with Gasteiger partial charge in [0.25, 0.3) is 5.91 Å². The number of hydrogen-bond acceptors (Lipinski definition) is 6. The maximum absolute atomic E-state index is 12.9. The Balaban J connectivity index is 1.23. The fourth-order valence-corrected chi connectivity index (χ4v) is 3.62. The summed E-state index contributed by atoms with van der Waals surface area (Å²) in [6.45, 7) is 0.193. The van der Waals surface area contributed by atoms with Crippen LogP contribution in [0.2, 0.25) is 0 Å². The van der Waals surface area contributed by atoms with Crippen molar-refractivity contribution in [2.75, 3.05) is 6.79 Å². The van der Waals surface area contributed by atoms with Crippen molar-refractivity contribution in [2.45, 2.75) is 43.9 Å². The van der Waals surface area contributed by atoms with E-state index in [1.165, 1.54) is 0 Å². The summed E-state index contributed by atoms with van der Waals surface area (Å²) in [5, 5.41) is 9.93. The smallest absolute Gasteiger partial charge is 0.265 e. The highest BCUT2D eigenvalue weighted by atomic mass is 16.7. The van der Waals surface area contributed by atoms with Crippen molar-refractivity contribution in [3.63, 3.8) is 0 Å². The van der Waals surface area contributed by atoms with Gasteiger partial charge in [-0.2, -0.15) is 0 Å². The number of carbonyl (C=O) groups is 2. The second-order valence-corrected chi connectivity index (χ2v) is 7.94. The van der Waals surface area contributed by atoms with Crippen LogP contribution in [0.5, 0.6) is 11.5 Å². The number of amides is 2. The summed E-state index contributed by atoms with van der Waals surface area (Å²) >= 11 is 0. The Morgan fingerprint density at radius 2 is 1.87 bits per heavy atom. The lowest BCUT2D eigenvalue weighted by Crippen LogP contribution is -2.51. The Morgan fingerprint density at radius 3 is 2.68 bits per heavy atom. The van der Waals surface area contributed by atoms with E-state index in [2.05, 4.69) is 15.8 Å². The second kappa shape index (κ2) is 8.29. The highest BCUT2D eigenvalue weighted by Crippen LogP contribution is 2.33. The first-order chi connectivity index (χ1) is 15.2. The quantitative estimate of drug-likeness (QED) is 0.712. The monoisotopic (exact) mass is 421 g/mol. The van der Waals surface area contributed by atoms with Gasteiger partial charge in [0.05, 0.1) is 5.71 Å². The van der Waals surface area contributed by atoms with E-state index in [4.69, 9.17) is 14.3 Å². The van der Waals surface area contributed by atoms with Crippen LogP contribution in [-0.2, 0) is 20.8 Å². The Hall–Kier alpha value is -3.55. The fourth-order valence-electron chi connectivity index (χ4n) is 3.62. The largest absolute Gasteiger partial charge is 0.454 e. The van der Waals surface area contributed by atoms with Crippen LogP contribution in [0.15, 0.2) is 53.7 Å². The second-order valence-electron chi connectivity index (χ2n) is 7.94. The molecule has 2 atom stereocenters. The normalized spacial score (nSPS) is 19.9. The van der Waals surface area contributed by atoms with Gasteiger partial charge in [-0.1, -0.05) is 35.5 Å². The Kier molecular flexibility index (Phi) is 5.19. The molecule has 3 aliphatic rings. The number of hydrogen-bond donors (Lipinski definition) is 2. The fraction of sp³-hybridized carbons (Fsp3) is 0.348. The van der Waals surface area contributed by atoms with Crippen LogP contribution in [0.25, 0.3) is 0 Å². The average Bonchev–Trinajstić information content (AvgIpc) is 3.27. The van der Waals surface area contributed by atoms with E-state index in [9.17, 15) is 9.59 Å². The number of fused-ring (bicyclic) bond motifs is 1. The maximum atomic E-state index is 12.9. The molecule has 2 aromatic carbocycles. The molecule has 1 saturated carbocycles. The molecule has 2 N–H and O–H groups in total. The molecule has 2 heterocycles. The van der Waals surface area contributed by atoms with Gasteiger partial charge in [-0.3, -0.25) is 9.59 Å². The molecule has 1 fully saturated rings. The number of rotatable bonds is 7.